The molecule has 0 N–H and O–H groups in total. The second-order valence-corrected chi connectivity index (χ2v) is 19.6. The number of benzene rings is 5. The van der Waals surface area contributed by atoms with E-state index in [1.54, 1.807) is 30.3 Å². The Morgan fingerprint density at radius 2 is 1.15 bits per heavy atom. The third-order valence-electron chi connectivity index (χ3n) is 11.5. The predicted octanol–water partition coefficient (Wildman–Crippen LogP) is 13.2. The first-order chi connectivity index (χ1) is 36.2. The summed E-state index contributed by atoms with van der Waals surface area (Å²) in [7, 11) is 3.86. The number of halogens is 5. The van der Waals surface area contributed by atoms with Crippen LogP contribution in [0, 0.1) is 49.2 Å². The van der Waals surface area contributed by atoms with Gasteiger partial charge in [-0.25, -0.2) is 0 Å². The maximum absolute atomic E-state index is 12.7. The van der Waals surface area contributed by atoms with E-state index in [0.29, 0.717) is 17.2 Å². The molecule has 408 valence electrons. The van der Waals surface area contributed by atoms with Crippen LogP contribution in [0.4, 0.5) is 33.3 Å². The quantitative estimate of drug-likeness (QED) is 0.117. The summed E-state index contributed by atoms with van der Waals surface area (Å²) in [5, 5.41) is 17.5. The molecule has 11 rings (SSSR count). The molecular weight excluding hydrogens is 1350 g/mol. The number of aromatic nitrogens is 7. The van der Waals surface area contributed by atoms with Crippen molar-refractivity contribution in [3.05, 3.63) is 225 Å². The van der Waals surface area contributed by atoms with E-state index >= 15 is 0 Å². The summed E-state index contributed by atoms with van der Waals surface area (Å²) in [6.45, 7) is 16.4. The minimum absolute atomic E-state index is 0. The molecule has 0 amide bonds. The Hall–Kier alpha value is -7.36. The van der Waals surface area contributed by atoms with Crippen molar-refractivity contribution in [2.75, 3.05) is 23.9 Å². The van der Waals surface area contributed by atoms with E-state index in [4.69, 9.17) is 4.98 Å². The van der Waals surface area contributed by atoms with Gasteiger partial charge in [0.05, 0.1) is 5.69 Å². The zero-order valence-corrected chi connectivity index (χ0v) is 48.4. The number of alkyl halides is 3. The van der Waals surface area contributed by atoms with Crippen LogP contribution in [-0.2, 0) is 57.2 Å². The Bertz CT molecular complexity index is 3340. The summed E-state index contributed by atoms with van der Waals surface area (Å²) >= 11 is 0. The first-order valence-electron chi connectivity index (χ1n) is 23.9. The van der Waals surface area contributed by atoms with Crippen LogP contribution < -0.4 is 20.0 Å². The van der Waals surface area contributed by atoms with Gasteiger partial charge in [-0.15, -0.1) is 119 Å². The third-order valence-corrected chi connectivity index (χ3v) is 11.5. The molecule has 0 spiro atoms. The van der Waals surface area contributed by atoms with Crippen LogP contribution in [0.15, 0.2) is 158 Å². The zero-order valence-electron chi connectivity index (χ0n) is 43.6. The molecule has 2 aliphatic rings. The van der Waals surface area contributed by atoms with Gasteiger partial charge in [0.1, 0.15) is 5.69 Å². The molecule has 0 bridgehead atoms. The van der Waals surface area contributed by atoms with Crippen LogP contribution in [0.2, 0.25) is 0 Å². The minimum atomic E-state index is -4.51. The van der Waals surface area contributed by atoms with Crippen molar-refractivity contribution in [2.45, 2.75) is 58.5 Å². The summed E-state index contributed by atoms with van der Waals surface area (Å²) < 4.78 is 63.1. The molecular formula is C60H52F5Ir2N11-8. The molecule has 0 aliphatic carbocycles. The van der Waals surface area contributed by atoms with Crippen LogP contribution >= 0.6 is 0 Å². The Balaban J connectivity index is 0.000000174. The van der Waals surface area contributed by atoms with E-state index in [0.717, 1.165) is 62.1 Å². The van der Waals surface area contributed by atoms with Crippen molar-refractivity contribution in [1.82, 2.24) is 45.1 Å². The minimum Gasteiger partial charge on any atom is -0.573 e. The molecule has 11 nitrogen and oxygen atoms in total. The largest absolute Gasteiger partial charge is 0.573 e. The summed E-state index contributed by atoms with van der Waals surface area (Å²) in [5.74, 6) is 0.768. The summed E-state index contributed by atoms with van der Waals surface area (Å²) in [5.41, 5.74) is 6.06. The second kappa shape index (κ2) is 25.9. The standard InChI is InChI=1S/C21H18N4.C19H16F3N3.2C10H9FN2.2Ir/c1-21(2,3)20-23-19(24-25-20)18-16-12-8-7-11-15(16)13-17(22-18)14-9-5-4-6-10-14;1-18(2,3)13-9-7-12(8-10-13)14-5-4-6-15(23-14)16-11-17(25-24-16)19(20,21)22;2*1-12-6-7-13(8-12)10-4-2-9(11)3-5-10;;/h4-9,11-13H,1-3H3;4-7,9-11H,1-3H3;2*2-4,6-8H,1H3;;/q4*-2;;. The number of pyridine rings is 2. The molecule has 6 heterocycles. The maximum atomic E-state index is 12.7. The van der Waals surface area contributed by atoms with Crippen molar-refractivity contribution < 1.29 is 62.2 Å². The smallest absolute Gasteiger partial charge is 0.431 e. The van der Waals surface area contributed by atoms with E-state index in [2.05, 4.69) is 108 Å². The predicted molar refractivity (Wildman–Crippen MR) is 286 cm³/mol. The van der Waals surface area contributed by atoms with E-state index in [1.165, 1.54) is 24.3 Å². The van der Waals surface area contributed by atoms with Gasteiger partial charge in [-0.05, 0) is 79.0 Å². The number of hydrogen-bond acceptors (Lipinski definition) is 9. The van der Waals surface area contributed by atoms with E-state index in [-0.39, 0.29) is 68.4 Å². The SMILES string of the molecule is CC(C)(C)c1c[c-]c(-c2cccc(-c3cc(C(F)(F)F)n[n-]3)n2)cc1.CC(C)(C)c1n[n-]c(-c2nc(-c3[c-]cccc3)cc3ccccc23)n1.CN1C=CN(c2[c-]cc(F)cc2)[CH-]1.CN1C=CN(c2[c-]cc(F)cc2)[CH-]1.[Ir].[Ir]. The van der Waals surface area contributed by atoms with Crippen molar-refractivity contribution >= 4 is 22.1 Å². The van der Waals surface area contributed by atoms with Crippen LogP contribution in [0.5, 0.6) is 0 Å². The van der Waals surface area contributed by atoms with Gasteiger partial charge in [-0.3, -0.25) is 23.8 Å². The zero-order chi connectivity index (χ0) is 54.2. The van der Waals surface area contributed by atoms with Crippen LogP contribution in [-0.4, -0.2) is 49.0 Å². The topological polar surface area (TPSA) is 106 Å². The summed E-state index contributed by atoms with van der Waals surface area (Å²) in [6.07, 6.45) is 3.10. The second-order valence-electron chi connectivity index (χ2n) is 19.6. The van der Waals surface area contributed by atoms with Gasteiger partial charge in [0, 0.05) is 74.2 Å². The Kier molecular flexibility index (Phi) is 19.9. The molecule has 18 heteroatoms. The number of rotatable bonds is 6. The monoisotopic (exact) mass is 1410 g/mol. The van der Waals surface area contributed by atoms with Crippen molar-refractivity contribution in [3.63, 3.8) is 0 Å². The Morgan fingerprint density at radius 1 is 0.538 bits per heavy atom. The molecule has 2 aliphatic heterocycles. The Labute approximate surface area is 479 Å². The average molecular weight is 1410 g/mol. The summed E-state index contributed by atoms with van der Waals surface area (Å²) in [4.78, 5) is 21.5. The van der Waals surface area contributed by atoms with E-state index < -0.39 is 11.9 Å². The van der Waals surface area contributed by atoms with Gasteiger partial charge in [0.15, 0.2) is 0 Å². The van der Waals surface area contributed by atoms with Crippen molar-refractivity contribution in [3.8, 4) is 45.4 Å². The van der Waals surface area contributed by atoms with Gasteiger partial charge in [0.2, 0.25) is 0 Å². The molecule has 0 unspecified atom stereocenters. The van der Waals surface area contributed by atoms with E-state index in [9.17, 15) is 22.0 Å². The van der Waals surface area contributed by atoms with Crippen molar-refractivity contribution in [1.29, 1.82) is 0 Å². The third kappa shape index (κ3) is 15.7. The molecule has 0 fully saturated rings. The molecule has 0 saturated heterocycles. The molecule has 0 saturated carbocycles. The molecule has 5 aromatic carbocycles. The van der Waals surface area contributed by atoms with Crippen LogP contribution in [0.3, 0.4) is 0 Å². The van der Waals surface area contributed by atoms with Gasteiger partial charge in [0.25, 0.3) is 0 Å². The molecule has 4 aromatic heterocycles. The molecule has 0 atom stereocenters. The fourth-order valence-electron chi connectivity index (χ4n) is 7.36. The average Bonchev–Trinajstić information content (AvgIpc) is 4.27. The van der Waals surface area contributed by atoms with Gasteiger partial charge in [-0.1, -0.05) is 89.7 Å². The van der Waals surface area contributed by atoms with Gasteiger partial charge < -0.3 is 39.9 Å². The molecule has 78 heavy (non-hydrogen) atoms. The molecule has 9 aromatic rings. The first kappa shape index (κ1) is 59.9. The number of anilines is 2. The number of hydrogen-bond donors (Lipinski definition) is 0. The van der Waals surface area contributed by atoms with E-state index in [1.807, 2.05) is 132 Å². The number of fused-ring (bicyclic) bond motifs is 1. The van der Waals surface area contributed by atoms with Crippen LogP contribution in [0.1, 0.15) is 58.6 Å². The maximum Gasteiger partial charge on any atom is 0.431 e. The van der Waals surface area contributed by atoms with Gasteiger partial charge in [-0.2, -0.15) is 38.6 Å². The fourth-order valence-corrected chi connectivity index (χ4v) is 7.36. The summed E-state index contributed by atoms with van der Waals surface area (Å²) in [6, 6.07) is 50.9. The number of nitrogens with zero attached hydrogens (tertiary/aromatic N) is 11. The Morgan fingerprint density at radius 3 is 1.65 bits per heavy atom. The fraction of sp³-hybridized carbons (Fsp3) is 0.183. The van der Waals surface area contributed by atoms with Gasteiger partial charge >= 0.3 is 6.18 Å². The van der Waals surface area contributed by atoms with Crippen LogP contribution in [0.25, 0.3) is 56.2 Å². The normalized spacial score (nSPS) is 12.9. The first-order valence-corrected chi connectivity index (χ1v) is 23.9. The van der Waals surface area contributed by atoms with Crippen molar-refractivity contribution in [2.24, 2.45) is 0 Å². The molecule has 2 radical (unpaired) electrons.